The molecule has 3 N–H and O–H groups in total. The van der Waals surface area contributed by atoms with E-state index in [1.54, 1.807) is 0 Å². The van der Waals surface area contributed by atoms with Gasteiger partial charge in [-0.05, 0) is 41.5 Å². The van der Waals surface area contributed by atoms with Crippen LogP contribution in [0.15, 0.2) is 36.5 Å². The summed E-state index contributed by atoms with van der Waals surface area (Å²) in [7, 11) is 0. The molecule has 0 fully saturated rings. The van der Waals surface area contributed by atoms with Crippen LogP contribution < -0.4 is 0 Å². The Hall–Kier alpha value is -3.22. The molecule has 0 saturated heterocycles. The Balaban J connectivity index is 2.62. The summed E-state index contributed by atoms with van der Waals surface area (Å²) in [4.78, 5) is 36.6. The molecular weight excluding hydrogens is 278 g/mol. The van der Waals surface area contributed by atoms with E-state index in [2.05, 4.69) is 4.98 Å². The molecule has 2 rings (SSSR count). The summed E-state index contributed by atoms with van der Waals surface area (Å²) in [6.07, 6.45) is 1.26. The van der Waals surface area contributed by atoms with Gasteiger partial charge in [0.25, 0.3) is 0 Å². The van der Waals surface area contributed by atoms with Crippen molar-refractivity contribution in [3.8, 4) is 11.1 Å². The van der Waals surface area contributed by atoms with Crippen LogP contribution in [0.1, 0.15) is 31.2 Å². The summed E-state index contributed by atoms with van der Waals surface area (Å²) in [6, 6.07) is 6.30. The van der Waals surface area contributed by atoms with Gasteiger partial charge in [0, 0.05) is 6.20 Å². The number of carboxylic acid groups (broad SMARTS) is 3. The van der Waals surface area contributed by atoms with Crippen molar-refractivity contribution in [3.05, 3.63) is 53.3 Å². The average Bonchev–Trinajstić information content (AvgIpc) is 2.46. The van der Waals surface area contributed by atoms with Gasteiger partial charge in [0.15, 0.2) is 0 Å². The monoisotopic (exact) mass is 287 g/mol. The third-order valence-corrected chi connectivity index (χ3v) is 2.74. The van der Waals surface area contributed by atoms with E-state index in [1.165, 1.54) is 30.5 Å². The van der Waals surface area contributed by atoms with Crippen LogP contribution >= 0.6 is 0 Å². The van der Waals surface area contributed by atoms with E-state index >= 15 is 0 Å². The third-order valence-electron chi connectivity index (χ3n) is 2.74. The summed E-state index contributed by atoms with van der Waals surface area (Å²) in [6.45, 7) is 0. The number of carboxylic acids is 3. The van der Waals surface area contributed by atoms with Crippen LogP contribution in [0, 0.1) is 0 Å². The highest BCUT2D eigenvalue weighted by Crippen LogP contribution is 2.23. The van der Waals surface area contributed by atoms with E-state index in [-0.39, 0.29) is 22.4 Å². The molecule has 0 aliphatic heterocycles. The maximum Gasteiger partial charge on any atom is 0.354 e. The molecule has 0 amide bonds. The number of carbonyl (C=O) groups is 3. The van der Waals surface area contributed by atoms with Crippen molar-refractivity contribution >= 4 is 17.9 Å². The standard InChI is InChI=1S/C14H9NO6/c16-12(17)9-3-8(4-10(5-9)13(18)19)7-1-2-15-11(6-7)14(20)21/h1-6H,(H,16,17)(H,18,19)(H,20,21). The number of pyridine rings is 1. The number of nitrogens with zero attached hydrogens (tertiary/aromatic N) is 1. The normalized spacial score (nSPS) is 10.1. The number of hydrogen-bond donors (Lipinski definition) is 3. The lowest BCUT2D eigenvalue weighted by atomic mass is 10.00. The summed E-state index contributed by atoms with van der Waals surface area (Å²) in [5.41, 5.74) is 0.0486. The van der Waals surface area contributed by atoms with Crippen LogP contribution in [-0.4, -0.2) is 38.2 Å². The molecule has 21 heavy (non-hydrogen) atoms. The molecule has 0 spiro atoms. The minimum absolute atomic E-state index is 0.196. The predicted octanol–water partition coefficient (Wildman–Crippen LogP) is 1.84. The third kappa shape index (κ3) is 3.03. The molecule has 0 atom stereocenters. The topological polar surface area (TPSA) is 125 Å². The lowest BCUT2D eigenvalue weighted by Gasteiger charge is -2.06. The van der Waals surface area contributed by atoms with Crippen LogP contribution in [0.2, 0.25) is 0 Å². The molecule has 0 unspecified atom stereocenters. The fourth-order valence-corrected chi connectivity index (χ4v) is 1.77. The molecule has 0 radical (unpaired) electrons. The van der Waals surface area contributed by atoms with Crippen LogP contribution in [0.3, 0.4) is 0 Å². The largest absolute Gasteiger partial charge is 0.478 e. The van der Waals surface area contributed by atoms with E-state index in [9.17, 15) is 14.4 Å². The van der Waals surface area contributed by atoms with Crippen molar-refractivity contribution in [3.63, 3.8) is 0 Å². The minimum atomic E-state index is -1.27. The Morgan fingerprint density at radius 1 is 0.762 bits per heavy atom. The van der Waals surface area contributed by atoms with Gasteiger partial charge in [-0.1, -0.05) is 0 Å². The molecule has 1 heterocycles. The summed E-state index contributed by atoms with van der Waals surface area (Å²) < 4.78 is 0. The second-order valence-corrected chi connectivity index (χ2v) is 4.14. The first-order valence-electron chi connectivity index (χ1n) is 5.70. The van der Waals surface area contributed by atoms with Gasteiger partial charge in [0.05, 0.1) is 11.1 Å². The van der Waals surface area contributed by atoms with Gasteiger partial charge in [-0.15, -0.1) is 0 Å². The van der Waals surface area contributed by atoms with E-state index in [0.29, 0.717) is 5.56 Å². The smallest absolute Gasteiger partial charge is 0.354 e. The van der Waals surface area contributed by atoms with Gasteiger partial charge in [-0.3, -0.25) is 0 Å². The van der Waals surface area contributed by atoms with Crippen molar-refractivity contribution in [2.45, 2.75) is 0 Å². The van der Waals surface area contributed by atoms with Crippen molar-refractivity contribution in [1.29, 1.82) is 0 Å². The molecule has 0 bridgehead atoms. The Bertz CT molecular complexity index is 721. The first-order valence-corrected chi connectivity index (χ1v) is 5.70. The fraction of sp³-hybridized carbons (Fsp3) is 0. The zero-order chi connectivity index (χ0) is 15.6. The first-order chi connectivity index (χ1) is 9.88. The molecule has 0 aliphatic rings. The van der Waals surface area contributed by atoms with Crippen molar-refractivity contribution in [1.82, 2.24) is 4.98 Å². The summed E-state index contributed by atoms with van der Waals surface area (Å²) >= 11 is 0. The molecule has 0 saturated carbocycles. The maximum absolute atomic E-state index is 11.0. The number of rotatable bonds is 4. The molecule has 7 nitrogen and oxygen atoms in total. The molecule has 0 aliphatic carbocycles. The van der Waals surface area contributed by atoms with Crippen LogP contribution in [0.4, 0.5) is 0 Å². The highest BCUT2D eigenvalue weighted by Gasteiger charge is 2.13. The predicted molar refractivity (Wildman–Crippen MR) is 70.6 cm³/mol. The first kappa shape index (κ1) is 14.2. The lowest BCUT2D eigenvalue weighted by Crippen LogP contribution is -2.04. The Labute approximate surface area is 118 Å². The summed E-state index contributed by atoms with van der Waals surface area (Å²) in [5, 5.41) is 26.9. The molecule has 2 aromatic rings. The SMILES string of the molecule is O=C(O)c1cc(C(=O)O)cc(-c2ccnc(C(=O)O)c2)c1. The maximum atomic E-state index is 11.0. The number of hydrogen-bond acceptors (Lipinski definition) is 4. The minimum Gasteiger partial charge on any atom is -0.478 e. The van der Waals surface area contributed by atoms with Gasteiger partial charge in [0.2, 0.25) is 0 Å². The van der Waals surface area contributed by atoms with E-state index in [0.717, 1.165) is 6.07 Å². The lowest BCUT2D eigenvalue weighted by molar-refractivity contribution is 0.0678. The van der Waals surface area contributed by atoms with E-state index in [4.69, 9.17) is 15.3 Å². The van der Waals surface area contributed by atoms with Gasteiger partial charge < -0.3 is 15.3 Å². The second kappa shape index (κ2) is 5.41. The fourth-order valence-electron chi connectivity index (χ4n) is 1.77. The van der Waals surface area contributed by atoms with E-state index < -0.39 is 17.9 Å². The van der Waals surface area contributed by atoms with Crippen LogP contribution in [0.25, 0.3) is 11.1 Å². The number of benzene rings is 1. The number of aromatic carboxylic acids is 3. The van der Waals surface area contributed by atoms with Crippen molar-refractivity contribution in [2.75, 3.05) is 0 Å². The number of aromatic nitrogens is 1. The summed E-state index contributed by atoms with van der Waals surface area (Å²) in [5.74, 6) is -3.77. The Kier molecular flexibility index (Phi) is 3.66. The van der Waals surface area contributed by atoms with Crippen LogP contribution in [0.5, 0.6) is 0 Å². The highest BCUT2D eigenvalue weighted by molar-refractivity contribution is 5.96. The van der Waals surface area contributed by atoms with E-state index in [1.807, 2.05) is 0 Å². The Morgan fingerprint density at radius 3 is 1.81 bits per heavy atom. The molecular formula is C14H9NO6. The van der Waals surface area contributed by atoms with Gasteiger partial charge >= 0.3 is 17.9 Å². The average molecular weight is 287 g/mol. The zero-order valence-electron chi connectivity index (χ0n) is 10.5. The highest BCUT2D eigenvalue weighted by atomic mass is 16.4. The van der Waals surface area contributed by atoms with Gasteiger partial charge in [-0.2, -0.15) is 0 Å². The Morgan fingerprint density at radius 2 is 1.33 bits per heavy atom. The molecule has 1 aromatic carbocycles. The van der Waals surface area contributed by atoms with Gasteiger partial charge in [0.1, 0.15) is 5.69 Å². The zero-order valence-corrected chi connectivity index (χ0v) is 10.5. The second-order valence-electron chi connectivity index (χ2n) is 4.14. The van der Waals surface area contributed by atoms with Crippen molar-refractivity contribution < 1.29 is 29.7 Å². The molecule has 106 valence electrons. The molecule has 7 heteroatoms. The molecule has 1 aromatic heterocycles. The quantitative estimate of drug-likeness (QED) is 0.783. The van der Waals surface area contributed by atoms with Crippen LogP contribution in [-0.2, 0) is 0 Å². The van der Waals surface area contributed by atoms with Gasteiger partial charge in [-0.25, -0.2) is 19.4 Å². The van der Waals surface area contributed by atoms with Crippen molar-refractivity contribution in [2.24, 2.45) is 0 Å².